The maximum absolute atomic E-state index is 13.7. The van der Waals surface area contributed by atoms with Crippen molar-refractivity contribution in [3.05, 3.63) is 44.4 Å². The van der Waals surface area contributed by atoms with Gasteiger partial charge in [-0.2, -0.15) is 0 Å². The Kier molecular flexibility index (Phi) is 4.04. The van der Waals surface area contributed by atoms with Gasteiger partial charge in [-0.15, -0.1) is 5.10 Å². The van der Waals surface area contributed by atoms with E-state index < -0.39 is 17.7 Å². The van der Waals surface area contributed by atoms with Crippen molar-refractivity contribution in [1.82, 2.24) is 9.59 Å². The van der Waals surface area contributed by atoms with Crippen LogP contribution in [0.1, 0.15) is 22.2 Å². The SMILES string of the molecule is Cc1nnsc1C(O)Cc1c(F)ccc(Br)c1F. The summed E-state index contributed by atoms with van der Waals surface area (Å²) in [5.41, 5.74) is 0.424. The molecule has 0 bridgehead atoms. The number of nitrogens with zero attached hydrogens (tertiary/aromatic N) is 2. The molecule has 0 spiro atoms. The van der Waals surface area contributed by atoms with Crippen molar-refractivity contribution >= 4 is 27.5 Å². The van der Waals surface area contributed by atoms with Crippen LogP contribution in [-0.4, -0.2) is 14.7 Å². The van der Waals surface area contributed by atoms with E-state index in [4.69, 9.17) is 0 Å². The Morgan fingerprint density at radius 3 is 2.78 bits per heavy atom. The summed E-state index contributed by atoms with van der Waals surface area (Å²) in [6, 6.07) is 2.45. The van der Waals surface area contributed by atoms with E-state index in [-0.39, 0.29) is 16.5 Å². The molecule has 0 aliphatic heterocycles. The highest BCUT2D eigenvalue weighted by Crippen LogP contribution is 2.28. The summed E-state index contributed by atoms with van der Waals surface area (Å²) >= 11 is 4.01. The molecule has 0 radical (unpaired) electrons. The lowest BCUT2D eigenvalue weighted by molar-refractivity contribution is 0.178. The smallest absolute Gasteiger partial charge is 0.143 e. The molecule has 1 aromatic heterocycles. The summed E-state index contributed by atoms with van der Waals surface area (Å²) < 4.78 is 31.1. The third-order valence-corrected chi connectivity index (χ3v) is 4.07. The van der Waals surface area contributed by atoms with Gasteiger partial charge in [-0.1, -0.05) is 4.49 Å². The molecule has 2 aromatic rings. The predicted molar refractivity (Wildman–Crippen MR) is 67.4 cm³/mol. The molecule has 0 amide bonds. The zero-order chi connectivity index (χ0) is 13.3. The van der Waals surface area contributed by atoms with Crippen LogP contribution in [0.2, 0.25) is 0 Å². The van der Waals surface area contributed by atoms with E-state index in [1.54, 1.807) is 6.92 Å². The molecule has 2 rings (SSSR count). The molecule has 18 heavy (non-hydrogen) atoms. The van der Waals surface area contributed by atoms with Crippen LogP contribution < -0.4 is 0 Å². The third kappa shape index (κ3) is 2.57. The fourth-order valence-electron chi connectivity index (χ4n) is 1.59. The summed E-state index contributed by atoms with van der Waals surface area (Å²) in [6.07, 6.45) is -1.16. The van der Waals surface area contributed by atoms with Crippen molar-refractivity contribution < 1.29 is 13.9 Å². The molecule has 0 saturated heterocycles. The van der Waals surface area contributed by atoms with E-state index in [0.29, 0.717) is 10.6 Å². The van der Waals surface area contributed by atoms with Crippen molar-refractivity contribution in [1.29, 1.82) is 0 Å². The number of aliphatic hydroxyl groups excluding tert-OH is 1. The zero-order valence-corrected chi connectivity index (χ0v) is 11.7. The fraction of sp³-hybridized carbons (Fsp3) is 0.273. The molecule has 1 atom stereocenters. The maximum Gasteiger partial charge on any atom is 0.143 e. The molecule has 0 fully saturated rings. The first-order chi connectivity index (χ1) is 8.50. The van der Waals surface area contributed by atoms with Crippen LogP contribution in [0.15, 0.2) is 16.6 Å². The second kappa shape index (κ2) is 5.38. The van der Waals surface area contributed by atoms with Gasteiger partial charge in [0.05, 0.1) is 21.1 Å². The predicted octanol–water partition coefficient (Wildman–Crippen LogP) is 3.16. The number of rotatable bonds is 3. The van der Waals surface area contributed by atoms with Gasteiger partial charge in [-0.05, 0) is 46.5 Å². The van der Waals surface area contributed by atoms with Crippen LogP contribution in [0.5, 0.6) is 0 Å². The Morgan fingerprint density at radius 1 is 1.44 bits per heavy atom. The van der Waals surface area contributed by atoms with Crippen LogP contribution in [0, 0.1) is 18.6 Å². The van der Waals surface area contributed by atoms with Crippen LogP contribution in [0.25, 0.3) is 0 Å². The normalized spacial score (nSPS) is 12.7. The highest BCUT2D eigenvalue weighted by molar-refractivity contribution is 9.10. The second-order valence-electron chi connectivity index (χ2n) is 3.76. The van der Waals surface area contributed by atoms with E-state index in [0.717, 1.165) is 17.6 Å². The number of halogens is 3. The first kappa shape index (κ1) is 13.5. The third-order valence-electron chi connectivity index (χ3n) is 2.53. The molecule has 1 heterocycles. The lowest BCUT2D eigenvalue weighted by Crippen LogP contribution is -2.06. The maximum atomic E-state index is 13.7. The van der Waals surface area contributed by atoms with Crippen molar-refractivity contribution in [3.8, 4) is 0 Å². The van der Waals surface area contributed by atoms with Crippen LogP contribution in [0.3, 0.4) is 0 Å². The van der Waals surface area contributed by atoms with Gasteiger partial charge >= 0.3 is 0 Å². The van der Waals surface area contributed by atoms with Crippen LogP contribution in [-0.2, 0) is 6.42 Å². The largest absolute Gasteiger partial charge is 0.387 e. The van der Waals surface area contributed by atoms with Gasteiger partial charge in [0.15, 0.2) is 0 Å². The van der Waals surface area contributed by atoms with Crippen molar-refractivity contribution in [2.45, 2.75) is 19.4 Å². The fourth-order valence-corrected chi connectivity index (χ4v) is 2.59. The minimum atomic E-state index is -1.01. The van der Waals surface area contributed by atoms with Gasteiger partial charge in [0.25, 0.3) is 0 Å². The molecule has 0 saturated carbocycles. The standard InChI is InChI=1S/C11H9BrF2N2OS/c1-5-11(18-16-15-5)9(17)4-6-8(13)3-2-7(12)10(6)14/h2-3,9,17H,4H2,1H3. The second-order valence-corrected chi connectivity index (χ2v) is 5.40. The van der Waals surface area contributed by atoms with E-state index in [2.05, 4.69) is 25.5 Å². The average Bonchev–Trinajstić information content (AvgIpc) is 2.76. The topological polar surface area (TPSA) is 46.0 Å². The highest BCUT2D eigenvalue weighted by Gasteiger charge is 2.20. The average molecular weight is 335 g/mol. The molecular weight excluding hydrogens is 326 g/mol. The van der Waals surface area contributed by atoms with Gasteiger partial charge in [0.1, 0.15) is 11.6 Å². The van der Waals surface area contributed by atoms with Crippen LogP contribution >= 0.6 is 27.5 Å². The van der Waals surface area contributed by atoms with Gasteiger partial charge in [-0.25, -0.2) is 8.78 Å². The zero-order valence-electron chi connectivity index (χ0n) is 9.32. The van der Waals surface area contributed by atoms with E-state index in [1.165, 1.54) is 6.07 Å². The molecule has 1 aromatic carbocycles. The summed E-state index contributed by atoms with van der Waals surface area (Å²) in [7, 11) is 0. The Hall–Kier alpha value is -0.920. The minimum Gasteiger partial charge on any atom is -0.387 e. The van der Waals surface area contributed by atoms with Crippen molar-refractivity contribution in [3.63, 3.8) is 0 Å². The Morgan fingerprint density at radius 2 is 2.17 bits per heavy atom. The molecule has 0 aliphatic rings. The number of aromatic nitrogens is 2. The molecule has 7 heteroatoms. The first-order valence-electron chi connectivity index (χ1n) is 5.10. The summed E-state index contributed by atoms with van der Waals surface area (Å²) in [5.74, 6) is -1.37. The Bertz CT molecular complexity index is 576. The first-order valence-corrected chi connectivity index (χ1v) is 6.66. The van der Waals surface area contributed by atoms with Crippen molar-refractivity contribution in [2.75, 3.05) is 0 Å². The van der Waals surface area contributed by atoms with Gasteiger partial charge < -0.3 is 5.11 Å². The molecule has 1 unspecified atom stereocenters. The monoisotopic (exact) mass is 334 g/mol. The molecule has 96 valence electrons. The van der Waals surface area contributed by atoms with Crippen molar-refractivity contribution in [2.24, 2.45) is 0 Å². The Balaban J connectivity index is 2.30. The lowest BCUT2D eigenvalue weighted by Gasteiger charge is -2.11. The summed E-state index contributed by atoms with van der Waals surface area (Å²) in [5, 5.41) is 13.7. The van der Waals surface area contributed by atoms with Gasteiger partial charge in [0, 0.05) is 12.0 Å². The Labute approximate surface area is 115 Å². The van der Waals surface area contributed by atoms with E-state index >= 15 is 0 Å². The summed E-state index contributed by atoms with van der Waals surface area (Å²) in [6.45, 7) is 1.69. The molecular formula is C11H9BrF2N2OS. The molecule has 0 aliphatic carbocycles. The molecule has 3 nitrogen and oxygen atoms in total. The number of hydrogen-bond acceptors (Lipinski definition) is 4. The van der Waals surface area contributed by atoms with Gasteiger partial charge in [-0.3, -0.25) is 0 Å². The number of aliphatic hydroxyl groups is 1. The van der Waals surface area contributed by atoms with E-state index in [1.807, 2.05) is 0 Å². The number of hydrogen-bond donors (Lipinski definition) is 1. The van der Waals surface area contributed by atoms with E-state index in [9.17, 15) is 13.9 Å². The summed E-state index contributed by atoms with van der Waals surface area (Å²) in [4.78, 5) is 0.522. The number of benzene rings is 1. The van der Waals surface area contributed by atoms with Gasteiger partial charge in [0.2, 0.25) is 0 Å². The molecule has 1 N–H and O–H groups in total. The lowest BCUT2D eigenvalue weighted by atomic mass is 10.0. The highest BCUT2D eigenvalue weighted by atomic mass is 79.9. The minimum absolute atomic E-state index is 0.148. The van der Waals surface area contributed by atoms with Crippen LogP contribution in [0.4, 0.5) is 8.78 Å². The quantitative estimate of drug-likeness (QED) is 0.877. The number of aryl methyl sites for hydroxylation is 1.